The zero-order valence-corrected chi connectivity index (χ0v) is 48.6. The summed E-state index contributed by atoms with van der Waals surface area (Å²) in [6.45, 7) is 44.3. The maximum absolute atomic E-state index is 14.8. The third kappa shape index (κ3) is 21.4. The van der Waals surface area contributed by atoms with Gasteiger partial charge in [-0.25, -0.2) is 9.59 Å². The van der Waals surface area contributed by atoms with Crippen LogP contribution in [-0.4, -0.2) is 119 Å². The summed E-state index contributed by atoms with van der Waals surface area (Å²) in [5.74, 6) is -1.29. The number of esters is 1. The molecule has 0 aliphatic carbocycles. The molecule has 1 saturated heterocycles. The van der Waals surface area contributed by atoms with Gasteiger partial charge in [0.05, 0.1) is 29.5 Å². The van der Waals surface area contributed by atoms with Gasteiger partial charge in [0.2, 0.25) is 17.7 Å². The molecule has 0 aromatic heterocycles. The first-order chi connectivity index (χ1) is 31.7. The zero-order chi connectivity index (χ0) is 53.8. The van der Waals surface area contributed by atoms with Gasteiger partial charge in [-0.15, -0.1) is 0 Å². The van der Waals surface area contributed by atoms with Crippen LogP contribution in [0.3, 0.4) is 0 Å². The Morgan fingerprint density at radius 3 is 1.86 bits per heavy atom. The van der Waals surface area contributed by atoms with Crippen molar-refractivity contribution in [2.24, 2.45) is 0 Å². The first kappa shape index (κ1) is 62.1. The second kappa shape index (κ2) is 25.1. The molecule has 0 bridgehead atoms. The molecule has 1 aliphatic rings. The van der Waals surface area contributed by atoms with E-state index in [1.54, 1.807) is 27.7 Å². The number of unbranched alkanes of at least 4 members (excludes halogenated alkanes) is 1. The molecular formula is C52H93N5O11Si2. The van der Waals surface area contributed by atoms with Gasteiger partial charge in [0, 0.05) is 19.5 Å². The van der Waals surface area contributed by atoms with E-state index in [-0.39, 0.29) is 42.2 Å². The summed E-state index contributed by atoms with van der Waals surface area (Å²) in [6, 6.07) is 1.30. The number of rotatable bonds is 23. The van der Waals surface area contributed by atoms with Crippen LogP contribution in [0.15, 0.2) is 30.9 Å². The summed E-state index contributed by atoms with van der Waals surface area (Å²) in [6.07, 6.45) is 1.21. The largest absolute Gasteiger partial charge is 0.541 e. The molecule has 0 saturated carbocycles. The third-order valence-corrected chi connectivity index (χ3v) is 21.2. The minimum absolute atomic E-state index is 0.0365. The first-order valence-corrected chi connectivity index (χ1v) is 30.8. The number of nitrogens with one attached hydrogen (secondary N) is 5. The molecule has 1 aromatic carbocycles. The van der Waals surface area contributed by atoms with E-state index in [0.29, 0.717) is 42.9 Å². The molecule has 18 heteroatoms. The van der Waals surface area contributed by atoms with E-state index < -0.39 is 93.5 Å². The van der Waals surface area contributed by atoms with Gasteiger partial charge in [-0.2, -0.15) is 0 Å². The fourth-order valence-electron chi connectivity index (χ4n) is 6.92. The lowest BCUT2D eigenvalue weighted by Gasteiger charge is -2.40. The van der Waals surface area contributed by atoms with Crippen molar-refractivity contribution in [3.05, 3.63) is 36.4 Å². The van der Waals surface area contributed by atoms with Gasteiger partial charge in [0.1, 0.15) is 41.8 Å². The Morgan fingerprint density at radius 1 is 0.757 bits per heavy atom. The zero-order valence-electron chi connectivity index (χ0n) is 46.6. The van der Waals surface area contributed by atoms with Crippen LogP contribution >= 0.6 is 0 Å². The van der Waals surface area contributed by atoms with Crippen LogP contribution in [0.5, 0.6) is 11.5 Å². The molecule has 1 aliphatic heterocycles. The van der Waals surface area contributed by atoms with Crippen LogP contribution < -0.4 is 35.4 Å². The molecular weight excluding hydrogens is 927 g/mol. The summed E-state index contributed by atoms with van der Waals surface area (Å²) < 4.78 is 37.0. The molecule has 2 rings (SSSR count). The van der Waals surface area contributed by atoms with Crippen LogP contribution in [-0.2, 0) is 44.5 Å². The molecule has 0 unspecified atom stereocenters. The first-order valence-electron chi connectivity index (χ1n) is 25.0. The van der Waals surface area contributed by atoms with Crippen molar-refractivity contribution in [2.75, 3.05) is 19.7 Å². The number of carbonyl (C=O) groups is 5. The number of hydrogen-bond donors (Lipinski definition) is 5. The van der Waals surface area contributed by atoms with Crippen LogP contribution in [0.25, 0.3) is 0 Å². The Balaban J connectivity index is 2.68. The lowest BCUT2D eigenvalue weighted by atomic mass is 10.0. The lowest BCUT2D eigenvalue weighted by Crippen LogP contribution is -2.61. The van der Waals surface area contributed by atoms with Crippen molar-refractivity contribution < 1.29 is 51.8 Å². The van der Waals surface area contributed by atoms with Crippen LogP contribution in [0.2, 0.25) is 36.3 Å². The number of carbonyl (C=O) groups excluding carboxylic acids is 5. The number of benzene rings is 1. The molecule has 5 N–H and O–H groups in total. The number of amides is 4. The van der Waals surface area contributed by atoms with Crippen molar-refractivity contribution >= 4 is 46.4 Å². The van der Waals surface area contributed by atoms with Gasteiger partial charge in [-0.05, 0) is 149 Å². The molecule has 1 heterocycles. The molecule has 1 aromatic rings. The smallest absolute Gasteiger partial charge is 0.407 e. The summed E-state index contributed by atoms with van der Waals surface area (Å²) in [5, 5.41) is 14.4. The standard InChI is InChI=1S/C52H93N5O11Si2/c1-22-29-63-46(61)37(25-23-24-28-53-47(62)66-50(9,10)11)55-44(59)39(30-35-26-27-40(67-69(18,19)51(12,13)14)41(31-35)68-70(20,21)52(15,16)17)56-45(60)42(34(2)64-48(3,4)5)57-43(58)38-32-36(33-54-38)65-49(6,7)8/h22,26-27,31,34,36-39,42,54H,1,23-25,28-30,32-33H2,2-21H3,(H,53,62)(H,55,59)(H,56,60)(H,57,58)/t34-,36-,37+,38+,39+,42+/m1/s1. The predicted octanol–water partition coefficient (Wildman–Crippen LogP) is 8.62. The number of alkyl carbamates (subject to hydrolysis) is 1. The van der Waals surface area contributed by atoms with E-state index in [4.69, 9.17) is 27.8 Å². The predicted molar refractivity (Wildman–Crippen MR) is 282 cm³/mol. The van der Waals surface area contributed by atoms with Gasteiger partial charge < -0.3 is 54.4 Å². The fourth-order valence-corrected chi connectivity index (χ4v) is 8.96. The topological polar surface area (TPSA) is 201 Å². The molecule has 4 amide bonds. The SMILES string of the molecule is C=CCOC(=O)[C@H](CCCCNC(=O)OC(C)(C)C)NC(=O)[C@H](Cc1ccc(O[Si](C)(C)C(C)(C)C)c(O[Si](C)(C)C(C)(C)C)c1)NC(=O)[C@@H](NC(=O)[C@@H]1C[C@@H](OC(C)(C)C)CN1)[C@@H](C)OC(C)(C)C. The van der Waals surface area contributed by atoms with Crippen LogP contribution in [0.4, 0.5) is 4.79 Å². The van der Waals surface area contributed by atoms with E-state index >= 15 is 0 Å². The minimum atomic E-state index is -2.45. The number of hydrogen-bond acceptors (Lipinski definition) is 12. The van der Waals surface area contributed by atoms with Gasteiger partial charge in [-0.3, -0.25) is 14.4 Å². The fraction of sp³-hybridized carbons (Fsp3) is 0.750. The average molecular weight is 1020 g/mol. The molecule has 0 spiro atoms. The summed E-state index contributed by atoms with van der Waals surface area (Å²) >= 11 is 0. The van der Waals surface area contributed by atoms with Gasteiger partial charge >= 0.3 is 12.1 Å². The second-order valence-corrected chi connectivity index (χ2v) is 34.1. The maximum Gasteiger partial charge on any atom is 0.407 e. The van der Waals surface area contributed by atoms with Gasteiger partial charge in [0.25, 0.3) is 16.6 Å². The highest BCUT2D eigenvalue weighted by Crippen LogP contribution is 2.44. The van der Waals surface area contributed by atoms with Gasteiger partial charge in [0.15, 0.2) is 0 Å². The normalized spacial score (nSPS) is 17.8. The Labute approximate surface area is 423 Å². The summed E-state index contributed by atoms with van der Waals surface area (Å²) in [7, 11) is -4.81. The van der Waals surface area contributed by atoms with E-state index in [9.17, 15) is 24.0 Å². The van der Waals surface area contributed by atoms with E-state index in [2.05, 4.69) is 101 Å². The van der Waals surface area contributed by atoms with E-state index in [1.165, 1.54) is 6.08 Å². The highest BCUT2D eigenvalue weighted by molar-refractivity contribution is 6.75. The minimum Gasteiger partial charge on any atom is -0.541 e. The average Bonchev–Trinajstić information content (AvgIpc) is 3.63. The van der Waals surface area contributed by atoms with E-state index in [0.717, 1.165) is 0 Å². The molecule has 70 heavy (non-hydrogen) atoms. The molecule has 16 nitrogen and oxygen atoms in total. The highest BCUT2D eigenvalue weighted by Gasteiger charge is 2.43. The van der Waals surface area contributed by atoms with Crippen molar-refractivity contribution in [2.45, 2.75) is 232 Å². The quantitative estimate of drug-likeness (QED) is 0.0303. The second-order valence-electron chi connectivity index (χ2n) is 24.6. The van der Waals surface area contributed by atoms with Crippen molar-refractivity contribution in [3.8, 4) is 11.5 Å². The molecule has 0 radical (unpaired) electrons. The Morgan fingerprint density at radius 2 is 1.33 bits per heavy atom. The summed E-state index contributed by atoms with van der Waals surface area (Å²) in [4.78, 5) is 69.4. The maximum atomic E-state index is 14.8. The Bertz CT molecular complexity index is 1930. The van der Waals surface area contributed by atoms with Crippen molar-refractivity contribution in [1.29, 1.82) is 0 Å². The van der Waals surface area contributed by atoms with Crippen LogP contribution in [0, 0.1) is 0 Å². The highest BCUT2D eigenvalue weighted by atomic mass is 28.4. The van der Waals surface area contributed by atoms with Gasteiger partial charge in [-0.1, -0.05) is 60.3 Å². The number of ether oxygens (including phenoxy) is 4. The molecule has 6 atom stereocenters. The molecule has 400 valence electrons. The Kier molecular flexibility index (Phi) is 22.3. The monoisotopic (exact) mass is 1020 g/mol. The van der Waals surface area contributed by atoms with Crippen LogP contribution in [0.1, 0.15) is 142 Å². The van der Waals surface area contributed by atoms with Crippen molar-refractivity contribution in [1.82, 2.24) is 26.6 Å². The van der Waals surface area contributed by atoms with E-state index in [1.807, 2.05) is 59.7 Å². The van der Waals surface area contributed by atoms with Crippen molar-refractivity contribution in [3.63, 3.8) is 0 Å². The third-order valence-electron chi connectivity index (χ3n) is 12.5. The summed E-state index contributed by atoms with van der Waals surface area (Å²) in [5.41, 5.74) is -1.13. The lowest BCUT2D eigenvalue weighted by molar-refractivity contribution is -0.147. The Hall–Kier alpha value is -3.98. The molecule has 1 fully saturated rings.